The number of rotatable bonds is 23. The number of nitrogens with two attached hydrogens (primary N) is 2. The van der Waals surface area contributed by atoms with E-state index in [0.717, 1.165) is 73.4 Å². The molecular formula is C87H109ClN12O26. The first kappa shape index (κ1) is 94.2. The molecule has 0 saturated carbocycles. The highest BCUT2D eigenvalue weighted by atomic mass is 35.5. The van der Waals surface area contributed by atoms with Crippen molar-refractivity contribution < 1.29 is 127 Å². The molecule has 8 aliphatic heterocycles. The van der Waals surface area contributed by atoms with Crippen LogP contribution in [0.25, 0.3) is 11.1 Å². The maximum absolute atomic E-state index is 16.6. The Kier molecular flexibility index (Phi) is 29.9. The first-order chi connectivity index (χ1) is 59.8. The Morgan fingerprint density at radius 3 is 1.97 bits per heavy atom. The zero-order valence-corrected chi connectivity index (χ0v) is 71.3. The Balaban J connectivity index is 1.05. The fraction of sp³-hybridized carbons (Fsp3) is 0.483. The Labute approximate surface area is 729 Å². The van der Waals surface area contributed by atoms with E-state index >= 15 is 24.0 Å². The summed E-state index contributed by atoms with van der Waals surface area (Å²) < 4.78 is 52.8. The highest BCUT2D eigenvalue weighted by molar-refractivity contribution is 6.32. The van der Waals surface area contributed by atoms with Crippen LogP contribution in [0.4, 0.5) is 0 Å². The second kappa shape index (κ2) is 40.0. The molecule has 6 aromatic carbocycles. The van der Waals surface area contributed by atoms with Gasteiger partial charge >= 0.3 is 0 Å². The molecule has 680 valence electrons. The number of nitrogens with one attached hydrogen (secondary N) is 10. The standard InChI is InChI=1S/C87H109ClN12O26/c1-10-11-12-41-13-15-42(16-14-41)35-93-36-61(106)100-87(7)34-63(120-40(5)77(87)111)125-75-72(109)71(108)59(37-101)123-85(75)126-74-57-28-46-29-58(74)122-56-24-20-45(27-51(56)88)70(107)68(98-78(112)52(91-8)25-38(2)3)83(117)94-53(32-60(89)105)79(113)95-66(46)82(116)96-65-44-19-23-54(103)49(26-44)64-50(30-47(102)31-55(64)104)67(80(114)92-9)97-84(118)69(99-81(65)115)73(43-17-21-48(121-57)22-18-43)124-62-33-86(6,90)76(110)39(4)119-62/h13-24,26-31,38-40,52-53,59,62-63,65-73,75-77,85,91,93,101-104,107-111H,10-12,25,32-37,90H2,1-9H3,(H2,89,105)(H,92,114)(H,94,117)(H,95,113)(H,96,116)(H,97,118)(H,98,112)(H,99,115)(H,100,106)/t39-,40-,52+,53-,59+,62-,63-,65+,66+,67-,68+,69-,70+,71+,72-,73+,75+,76-,77-,85-,86-,87-/m0/s1. The molecule has 14 rings (SSSR count). The molecule has 126 heavy (non-hydrogen) atoms. The molecule has 0 radical (unpaired) electrons. The number of ether oxygens (including phenoxy) is 8. The number of amides is 9. The van der Waals surface area contributed by atoms with E-state index in [1.165, 1.54) is 76.8 Å². The topological polar surface area (TPSA) is 582 Å². The molecule has 3 saturated heterocycles. The molecule has 11 bridgehead atoms. The zero-order chi connectivity index (χ0) is 91.2. The van der Waals surface area contributed by atoms with Crippen molar-refractivity contribution in [1.82, 2.24) is 53.2 Å². The van der Waals surface area contributed by atoms with Crippen molar-refractivity contribution in [3.8, 4) is 57.1 Å². The normalized spacial score (nSPS) is 29.5. The number of aryl methyl sites for hydroxylation is 1. The van der Waals surface area contributed by atoms with Crippen molar-refractivity contribution in [3.63, 3.8) is 0 Å². The number of aliphatic hydroxyl groups is 6. The minimum Gasteiger partial charge on any atom is -0.508 e. The molecule has 3 fully saturated rings. The van der Waals surface area contributed by atoms with Crippen molar-refractivity contribution in [2.75, 3.05) is 27.2 Å². The van der Waals surface area contributed by atoms with Crippen LogP contribution in [0.5, 0.6) is 46.0 Å². The van der Waals surface area contributed by atoms with Crippen LogP contribution in [-0.2, 0) is 79.8 Å². The van der Waals surface area contributed by atoms with Gasteiger partial charge in [-0.05, 0) is 153 Å². The van der Waals surface area contributed by atoms with E-state index in [1.54, 1.807) is 6.92 Å². The molecule has 0 aliphatic carbocycles. The van der Waals surface area contributed by atoms with E-state index in [2.05, 4.69) is 60.1 Å². The van der Waals surface area contributed by atoms with E-state index in [0.29, 0.717) is 6.54 Å². The second-order valence-corrected chi connectivity index (χ2v) is 33.8. The van der Waals surface area contributed by atoms with E-state index in [1.807, 2.05) is 38.1 Å². The number of halogens is 1. The van der Waals surface area contributed by atoms with E-state index in [4.69, 9.17) is 61.0 Å². The quantitative estimate of drug-likeness (QED) is 0.0433. The summed E-state index contributed by atoms with van der Waals surface area (Å²) >= 11 is 7.23. The van der Waals surface area contributed by atoms with Crippen LogP contribution in [-0.4, -0.2) is 229 Å². The largest absolute Gasteiger partial charge is 0.508 e. The number of phenolic OH excluding ortho intramolecular Hbond substituents is 3. The van der Waals surface area contributed by atoms with Gasteiger partial charge in [0.05, 0.1) is 54.5 Å². The third kappa shape index (κ3) is 21.3. The molecule has 0 aromatic heterocycles. The van der Waals surface area contributed by atoms with Crippen LogP contribution < -0.4 is 78.8 Å². The van der Waals surface area contributed by atoms with Gasteiger partial charge in [0, 0.05) is 49.2 Å². The van der Waals surface area contributed by atoms with Gasteiger partial charge in [-0.15, -0.1) is 0 Å². The number of hydrogen-bond donors (Lipinski definition) is 21. The number of likely N-dealkylation sites (N-methyl/N-ethyl adjacent to an activating group) is 2. The first-order valence-corrected chi connectivity index (χ1v) is 41.8. The molecule has 0 spiro atoms. The molecular weight excluding hydrogens is 1660 g/mol. The maximum atomic E-state index is 16.6. The van der Waals surface area contributed by atoms with Crippen molar-refractivity contribution in [2.45, 2.75) is 233 Å². The van der Waals surface area contributed by atoms with E-state index in [9.17, 15) is 65.1 Å². The number of aliphatic hydroxyl groups excluding tert-OH is 6. The third-order valence-electron chi connectivity index (χ3n) is 23.2. The molecule has 38 nitrogen and oxygen atoms in total. The molecule has 8 aliphatic rings. The lowest BCUT2D eigenvalue weighted by Gasteiger charge is -2.48. The summed E-state index contributed by atoms with van der Waals surface area (Å²) in [5.41, 5.74) is 9.57. The van der Waals surface area contributed by atoms with Crippen molar-refractivity contribution in [2.24, 2.45) is 17.4 Å². The number of benzene rings is 6. The van der Waals surface area contributed by atoms with Gasteiger partial charge in [0.25, 0.3) is 0 Å². The average Bonchev–Trinajstić information content (AvgIpc) is 0.767. The summed E-state index contributed by atoms with van der Waals surface area (Å²) in [6, 6.07) is 10.4. The van der Waals surface area contributed by atoms with Crippen LogP contribution >= 0.6 is 11.6 Å². The smallest absolute Gasteiger partial charge is 0.248 e. The number of primary amides is 1. The lowest BCUT2D eigenvalue weighted by Crippen LogP contribution is -2.66. The predicted molar refractivity (Wildman–Crippen MR) is 448 cm³/mol. The van der Waals surface area contributed by atoms with Gasteiger partial charge in [0.1, 0.15) is 102 Å². The van der Waals surface area contributed by atoms with Gasteiger partial charge in [-0.1, -0.05) is 87.3 Å². The minimum atomic E-state index is -2.36. The van der Waals surface area contributed by atoms with E-state index in [-0.39, 0.29) is 76.1 Å². The lowest BCUT2D eigenvalue weighted by molar-refractivity contribution is -0.334. The van der Waals surface area contributed by atoms with Crippen LogP contribution in [0.2, 0.25) is 5.02 Å². The molecule has 23 N–H and O–H groups in total. The Bertz CT molecular complexity index is 5010. The lowest BCUT2D eigenvalue weighted by atomic mass is 9.85. The maximum Gasteiger partial charge on any atom is 0.248 e. The fourth-order valence-corrected chi connectivity index (χ4v) is 16.6. The summed E-state index contributed by atoms with van der Waals surface area (Å²) in [6.07, 6.45) is -20.2. The highest BCUT2D eigenvalue weighted by Crippen LogP contribution is 2.50. The molecule has 9 amide bonds. The second-order valence-electron chi connectivity index (χ2n) is 33.4. The molecule has 6 aromatic rings. The van der Waals surface area contributed by atoms with Crippen LogP contribution in [0.1, 0.15) is 156 Å². The van der Waals surface area contributed by atoms with Gasteiger partial charge in [0.2, 0.25) is 65.2 Å². The van der Waals surface area contributed by atoms with Crippen molar-refractivity contribution >= 4 is 64.8 Å². The summed E-state index contributed by atoms with van der Waals surface area (Å²) in [6.45, 7) is 10.9. The monoisotopic (exact) mass is 1770 g/mol. The number of fused-ring (bicyclic) bond motifs is 15. The third-order valence-corrected chi connectivity index (χ3v) is 23.5. The SMILES string of the molecule is CCCCc1ccc(CNCC(=O)N[C@@]2(C)C[C@H](O[C@H]3[C@H](Oc4c5cc6cc4Oc4ccc(cc4Cl)[C@@H](O)[C@@H](NC(=O)[C@@H](CC(C)C)NC)C(=O)N[C@@H](CC(N)=O)C(=O)N[C@H]6C(=O)N[C@H]4C(=O)N[C@H](C(=O)N[C@H](C(=O)NC)c6cc(O)cc(O)c6-c6cc4ccc6O)[C@H](O[C@H]4C[C@](C)(N)[C@@H](O)[C@H](C)O4)c4ccc(cc4)O5)O[C@H](CO)[C@@H](O)[C@@H]3O)O[C@@H](C)[C@@H]2O)cc1. The van der Waals surface area contributed by atoms with Crippen molar-refractivity contribution in [1.29, 1.82) is 0 Å². The molecule has 39 heteroatoms. The highest BCUT2D eigenvalue weighted by Gasteiger charge is 2.53. The number of unbranched alkanes of at least 4 members (excludes halogenated alkanes) is 1. The first-order valence-electron chi connectivity index (χ1n) is 41.4. The average molecular weight is 1770 g/mol. The van der Waals surface area contributed by atoms with Crippen LogP contribution in [0, 0.1) is 5.92 Å². The van der Waals surface area contributed by atoms with Gasteiger partial charge in [-0.2, -0.15) is 0 Å². The molecule has 0 unspecified atom stereocenters. The number of carbonyl (C=O) groups excluding carboxylic acids is 9. The van der Waals surface area contributed by atoms with Gasteiger partial charge in [0.15, 0.2) is 30.2 Å². The van der Waals surface area contributed by atoms with Crippen LogP contribution in [0.3, 0.4) is 0 Å². The molecule has 8 heterocycles. The summed E-state index contributed by atoms with van der Waals surface area (Å²) in [7, 11) is 2.69. The summed E-state index contributed by atoms with van der Waals surface area (Å²) in [5.74, 6) is -14.9. The summed E-state index contributed by atoms with van der Waals surface area (Å²) in [4.78, 5) is 136. The Morgan fingerprint density at radius 1 is 0.675 bits per heavy atom. The van der Waals surface area contributed by atoms with Crippen LogP contribution in [0.15, 0.2) is 109 Å². The zero-order valence-electron chi connectivity index (χ0n) is 70.6. The fourth-order valence-electron chi connectivity index (χ4n) is 16.4. The van der Waals surface area contributed by atoms with Gasteiger partial charge < -0.3 is 148 Å². The summed E-state index contributed by atoms with van der Waals surface area (Å²) in [5, 5.41) is 132. The van der Waals surface area contributed by atoms with E-state index < -0.39 is 245 Å². The Hall–Kier alpha value is -10.9. The van der Waals surface area contributed by atoms with Gasteiger partial charge in [-0.25, -0.2) is 0 Å². The van der Waals surface area contributed by atoms with Gasteiger partial charge in [-0.3, -0.25) is 43.2 Å². The Morgan fingerprint density at radius 2 is 1.32 bits per heavy atom. The number of aromatic hydroxyl groups is 3. The predicted octanol–water partition coefficient (Wildman–Crippen LogP) is 1.64. The number of hydrogen-bond acceptors (Lipinski definition) is 29. The number of carbonyl (C=O) groups is 9. The number of phenols is 3. The molecule has 22 atom stereocenters. The minimum absolute atomic E-state index is 0.00726. The van der Waals surface area contributed by atoms with Crippen molar-refractivity contribution in [3.05, 3.63) is 153 Å².